The molecule has 1 fully saturated rings. The molecule has 1 aliphatic rings. The maximum atomic E-state index is 11.2. The maximum Gasteiger partial charge on any atom is 0.322 e. The van der Waals surface area contributed by atoms with Gasteiger partial charge in [-0.3, -0.25) is 4.79 Å². The number of hydrogen-bond donors (Lipinski definition) is 1. The summed E-state index contributed by atoms with van der Waals surface area (Å²) in [5, 5.41) is 3.33. The molecule has 0 aromatic rings. The van der Waals surface area contributed by atoms with E-state index in [1.54, 1.807) is 0 Å². The number of rotatable bonds is 4. The lowest BCUT2D eigenvalue weighted by Gasteiger charge is -2.29. The number of carbonyl (C=O) groups is 1. The lowest BCUT2D eigenvalue weighted by atomic mass is 9.84. The van der Waals surface area contributed by atoms with Crippen LogP contribution in [0.2, 0.25) is 0 Å². The molecule has 0 saturated heterocycles. The third-order valence-corrected chi connectivity index (χ3v) is 3.42. The van der Waals surface area contributed by atoms with E-state index in [4.69, 9.17) is 4.74 Å². The van der Waals surface area contributed by atoms with Crippen LogP contribution < -0.4 is 5.32 Å². The molecule has 1 N–H and O–H groups in total. The lowest BCUT2D eigenvalue weighted by Crippen LogP contribution is -2.44. The minimum absolute atomic E-state index is 0.169. The second kappa shape index (κ2) is 6.11. The molecule has 0 aromatic carbocycles. The van der Waals surface area contributed by atoms with Gasteiger partial charge in [-0.15, -0.1) is 0 Å². The molecule has 1 rings (SSSR count). The summed E-state index contributed by atoms with van der Waals surface area (Å²) < 4.78 is 4.70. The summed E-state index contributed by atoms with van der Waals surface area (Å²) >= 11 is 0. The first-order chi connectivity index (χ1) is 7.15. The average molecular weight is 213 g/mol. The van der Waals surface area contributed by atoms with Crippen LogP contribution in [0.4, 0.5) is 0 Å². The second-order valence-corrected chi connectivity index (χ2v) is 4.60. The van der Waals surface area contributed by atoms with E-state index in [0.717, 1.165) is 5.92 Å². The van der Waals surface area contributed by atoms with Crippen LogP contribution in [-0.2, 0) is 9.53 Å². The van der Waals surface area contributed by atoms with Gasteiger partial charge in [0, 0.05) is 6.04 Å². The third kappa shape index (κ3) is 3.82. The Kier molecular flexibility index (Phi) is 5.09. The fourth-order valence-corrected chi connectivity index (χ4v) is 2.41. The molecule has 88 valence electrons. The van der Waals surface area contributed by atoms with Gasteiger partial charge in [0.2, 0.25) is 0 Å². The number of esters is 1. The highest BCUT2D eigenvalue weighted by Gasteiger charge is 2.23. The van der Waals surface area contributed by atoms with Gasteiger partial charge >= 0.3 is 5.97 Å². The molecule has 0 amide bonds. The maximum absolute atomic E-state index is 11.2. The van der Waals surface area contributed by atoms with Gasteiger partial charge in [-0.2, -0.15) is 0 Å². The Balaban J connectivity index is 2.33. The largest absolute Gasteiger partial charge is 0.468 e. The molecule has 0 radical (unpaired) electrons. The summed E-state index contributed by atoms with van der Waals surface area (Å²) in [6, 6.07) is 0.228. The van der Waals surface area contributed by atoms with E-state index < -0.39 is 0 Å². The fraction of sp³-hybridized carbons (Fsp3) is 0.917. The van der Waals surface area contributed by atoms with Gasteiger partial charge in [-0.25, -0.2) is 0 Å². The van der Waals surface area contributed by atoms with Crippen LogP contribution in [0.5, 0.6) is 0 Å². The molecular weight excluding hydrogens is 190 g/mol. The van der Waals surface area contributed by atoms with Crippen LogP contribution in [0, 0.1) is 5.92 Å². The number of carbonyl (C=O) groups excluding carboxylic acids is 1. The molecule has 3 nitrogen and oxygen atoms in total. The van der Waals surface area contributed by atoms with Crippen LogP contribution in [0.15, 0.2) is 0 Å². The van der Waals surface area contributed by atoms with E-state index in [0.29, 0.717) is 6.04 Å². The Morgan fingerprint density at radius 1 is 1.27 bits per heavy atom. The molecule has 0 aromatic heterocycles. The van der Waals surface area contributed by atoms with Gasteiger partial charge in [0.05, 0.1) is 7.11 Å². The van der Waals surface area contributed by atoms with Crippen molar-refractivity contribution in [3.05, 3.63) is 0 Å². The first-order valence-corrected chi connectivity index (χ1v) is 5.99. The van der Waals surface area contributed by atoms with E-state index in [1.165, 1.54) is 39.2 Å². The molecule has 15 heavy (non-hydrogen) atoms. The molecule has 1 unspecified atom stereocenters. The van der Waals surface area contributed by atoms with Crippen molar-refractivity contribution >= 4 is 5.97 Å². The van der Waals surface area contributed by atoms with Crippen LogP contribution >= 0.6 is 0 Å². The highest BCUT2D eigenvalue weighted by atomic mass is 16.5. The van der Waals surface area contributed by atoms with Gasteiger partial charge in [0.1, 0.15) is 6.04 Å². The van der Waals surface area contributed by atoms with Crippen molar-refractivity contribution in [2.24, 2.45) is 5.92 Å². The molecule has 2 atom stereocenters. The predicted octanol–water partition coefficient (Wildman–Crippen LogP) is 2.11. The van der Waals surface area contributed by atoms with E-state index in [9.17, 15) is 4.79 Å². The first-order valence-electron chi connectivity index (χ1n) is 5.99. The number of ether oxygens (including phenoxy) is 1. The normalized spacial score (nSPS) is 22.1. The second-order valence-electron chi connectivity index (χ2n) is 4.60. The van der Waals surface area contributed by atoms with Gasteiger partial charge in [-0.05, 0) is 32.6 Å². The zero-order chi connectivity index (χ0) is 11.3. The van der Waals surface area contributed by atoms with Crippen molar-refractivity contribution in [2.45, 2.75) is 58.0 Å². The smallest absolute Gasteiger partial charge is 0.322 e. The SMILES string of the molecule is COC(=O)C(C)N[C@@H](C)C1CCCCC1. The number of hydrogen-bond acceptors (Lipinski definition) is 3. The molecule has 3 heteroatoms. The van der Waals surface area contributed by atoms with Crippen molar-refractivity contribution < 1.29 is 9.53 Å². The van der Waals surface area contributed by atoms with Crippen LogP contribution in [0.1, 0.15) is 46.0 Å². The van der Waals surface area contributed by atoms with Crippen LogP contribution in [-0.4, -0.2) is 25.2 Å². The summed E-state index contributed by atoms with van der Waals surface area (Å²) in [5.74, 6) is 0.559. The van der Waals surface area contributed by atoms with E-state index in [1.807, 2.05) is 6.92 Å². The van der Waals surface area contributed by atoms with E-state index in [2.05, 4.69) is 12.2 Å². The Labute approximate surface area is 92.6 Å². The van der Waals surface area contributed by atoms with Crippen molar-refractivity contribution in [3.8, 4) is 0 Å². The first kappa shape index (κ1) is 12.5. The van der Waals surface area contributed by atoms with Crippen LogP contribution in [0.25, 0.3) is 0 Å². The lowest BCUT2D eigenvalue weighted by molar-refractivity contribution is -0.142. The van der Waals surface area contributed by atoms with Gasteiger partial charge < -0.3 is 10.1 Å². The van der Waals surface area contributed by atoms with Gasteiger partial charge in [-0.1, -0.05) is 19.3 Å². The highest BCUT2D eigenvalue weighted by molar-refractivity contribution is 5.75. The quantitative estimate of drug-likeness (QED) is 0.727. The summed E-state index contributed by atoms with van der Waals surface area (Å²) in [6.45, 7) is 4.04. The molecule has 1 aliphatic carbocycles. The Bertz CT molecular complexity index is 200. The van der Waals surface area contributed by atoms with Gasteiger partial charge in [0.15, 0.2) is 0 Å². The zero-order valence-electron chi connectivity index (χ0n) is 10.1. The van der Waals surface area contributed by atoms with Crippen molar-refractivity contribution in [1.82, 2.24) is 5.32 Å². The van der Waals surface area contributed by atoms with Crippen LogP contribution in [0.3, 0.4) is 0 Å². The van der Waals surface area contributed by atoms with Crippen molar-refractivity contribution in [1.29, 1.82) is 0 Å². The molecule has 0 heterocycles. The monoisotopic (exact) mass is 213 g/mol. The molecule has 0 bridgehead atoms. The van der Waals surface area contributed by atoms with Crippen molar-refractivity contribution in [2.75, 3.05) is 7.11 Å². The summed E-state index contributed by atoms with van der Waals surface area (Å²) in [4.78, 5) is 11.2. The molecule has 0 aliphatic heterocycles. The number of methoxy groups -OCH3 is 1. The summed E-state index contributed by atoms with van der Waals surface area (Å²) in [5.41, 5.74) is 0. The van der Waals surface area contributed by atoms with Gasteiger partial charge in [0.25, 0.3) is 0 Å². The molecule has 1 saturated carbocycles. The highest BCUT2D eigenvalue weighted by Crippen LogP contribution is 2.26. The Morgan fingerprint density at radius 3 is 2.40 bits per heavy atom. The third-order valence-electron chi connectivity index (χ3n) is 3.42. The minimum atomic E-state index is -0.188. The molecule has 0 spiro atoms. The molecular formula is C12H23NO2. The van der Waals surface area contributed by atoms with E-state index in [-0.39, 0.29) is 12.0 Å². The van der Waals surface area contributed by atoms with Crippen molar-refractivity contribution in [3.63, 3.8) is 0 Å². The zero-order valence-corrected chi connectivity index (χ0v) is 10.1. The summed E-state index contributed by atoms with van der Waals surface area (Å²) in [6.07, 6.45) is 6.63. The fourth-order valence-electron chi connectivity index (χ4n) is 2.41. The van der Waals surface area contributed by atoms with E-state index >= 15 is 0 Å². The summed E-state index contributed by atoms with van der Waals surface area (Å²) in [7, 11) is 1.44. The predicted molar refractivity (Wildman–Crippen MR) is 60.7 cm³/mol. The minimum Gasteiger partial charge on any atom is -0.468 e. The standard InChI is InChI=1S/C12H23NO2/c1-9(11-7-5-4-6-8-11)13-10(2)12(14)15-3/h9-11,13H,4-8H2,1-3H3/t9-,10?/m0/s1. The average Bonchev–Trinajstić information content (AvgIpc) is 2.29. The number of nitrogens with one attached hydrogen (secondary N) is 1. The Morgan fingerprint density at radius 2 is 1.87 bits per heavy atom. The Hall–Kier alpha value is -0.570. The topological polar surface area (TPSA) is 38.3 Å².